The molecule has 2 fully saturated rings. The van der Waals surface area contributed by atoms with E-state index in [0.29, 0.717) is 18.1 Å². The second-order valence-corrected chi connectivity index (χ2v) is 10.9. The predicted octanol–water partition coefficient (Wildman–Crippen LogP) is 4.15. The van der Waals surface area contributed by atoms with Crippen LogP contribution < -0.4 is 10.6 Å². The third kappa shape index (κ3) is 4.97. The first-order chi connectivity index (χ1) is 18.6. The number of nitriles is 1. The minimum Gasteiger partial charge on any atom is -0.379 e. The predicted molar refractivity (Wildman–Crippen MR) is 144 cm³/mol. The van der Waals surface area contributed by atoms with Crippen LogP contribution in [0.25, 0.3) is 27.5 Å². The zero-order chi connectivity index (χ0) is 26.1. The standard InChI is InChI=1S/C27H28N8O2S/c1-16(36)31-19-4-2-18(3-5-19)26-33-34-27(38-26)22-14-29-24(11-23(22)32-20-8-9-37-15-20)25-7-6-21-10-17(12-28)13-30-35(21)25/h6-7,10-11,13-14,18-20H,2-5,8-9,15H2,1H3,(H,29,32)(H,31,36)/t18?,19?,20-/m0/s1. The third-order valence-electron chi connectivity index (χ3n) is 7.24. The lowest BCUT2D eigenvalue weighted by atomic mass is 9.86. The van der Waals surface area contributed by atoms with Gasteiger partial charge in [-0.25, -0.2) is 4.52 Å². The van der Waals surface area contributed by atoms with Crippen molar-refractivity contribution in [2.75, 3.05) is 18.5 Å². The van der Waals surface area contributed by atoms with Crippen molar-refractivity contribution in [2.24, 2.45) is 0 Å². The Labute approximate surface area is 224 Å². The van der Waals surface area contributed by atoms with Gasteiger partial charge < -0.3 is 15.4 Å². The number of carbonyl (C=O) groups is 1. The molecule has 4 aromatic heterocycles. The van der Waals surface area contributed by atoms with Crippen LogP contribution in [0, 0.1) is 11.3 Å². The molecule has 0 bridgehead atoms. The first-order valence-corrected chi connectivity index (χ1v) is 13.7. The molecule has 194 valence electrons. The molecule has 0 spiro atoms. The van der Waals surface area contributed by atoms with Gasteiger partial charge in [-0.2, -0.15) is 10.4 Å². The highest BCUT2D eigenvalue weighted by molar-refractivity contribution is 7.14. The molecule has 1 aliphatic heterocycles. The Morgan fingerprint density at radius 2 is 2.00 bits per heavy atom. The number of fused-ring (bicyclic) bond motifs is 1. The molecule has 10 nitrogen and oxygen atoms in total. The summed E-state index contributed by atoms with van der Waals surface area (Å²) in [6.07, 6.45) is 8.24. The molecule has 11 heteroatoms. The Morgan fingerprint density at radius 1 is 1.13 bits per heavy atom. The van der Waals surface area contributed by atoms with E-state index in [1.165, 1.54) is 0 Å². The number of pyridine rings is 1. The van der Waals surface area contributed by atoms with Gasteiger partial charge in [0.1, 0.15) is 11.1 Å². The fourth-order valence-electron chi connectivity index (χ4n) is 5.29. The molecule has 1 atom stereocenters. The van der Waals surface area contributed by atoms with E-state index in [1.807, 2.05) is 30.5 Å². The van der Waals surface area contributed by atoms with Crippen molar-refractivity contribution < 1.29 is 9.53 Å². The number of hydrogen-bond donors (Lipinski definition) is 2. The van der Waals surface area contributed by atoms with Crippen LogP contribution in [0.15, 0.2) is 36.7 Å². The number of rotatable bonds is 6. The highest BCUT2D eigenvalue weighted by Gasteiger charge is 2.27. The normalized spacial score (nSPS) is 21.3. The van der Waals surface area contributed by atoms with Crippen molar-refractivity contribution in [3.63, 3.8) is 0 Å². The van der Waals surface area contributed by atoms with Crippen LogP contribution in [-0.4, -0.2) is 56.0 Å². The Kier molecular flexibility index (Phi) is 6.74. The van der Waals surface area contributed by atoms with E-state index in [4.69, 9.17) is 9.72 Å². The number of carbonyl (C=O) groups excluding carboxylic acids is 1. The lowest BCUT2D eigenvalue weighted by Crippen LogP contribution is -2.35. The molecule has 1 aliphatic carbocycles. The smallest absolute Gasteiger partial charge is 0.217 e. The van der Waals surface area contributed by atoms with Crippen molar-refractivity contribution in [3.05, 3.63) is 47.2 Å². The largest absolute Gasteiger partial charge is 0.379 e. The van der Waals surface area contributed by atoms with E-state index in [9.17, 15) is 10.1 Å². The summed E-state index contributed by atoms with van der Waals surface area (Å²) in [4.78, 5) is 16.2. The Hall–Kier alpha value is -3.88. The molecule has 1 saturated heterocycles. The molecule has 1 amide bonds. The van der Waals surface area contributed by atoms with E-state index in [2.05, 4.69) is 32.0 Å². The third-order valence-corrected chi connectivity index (χ3v) is 8.36. The van der Waals surface area contributed by atoms with Gasteiger partial charge in [-0.05, 0) is 56.4 Å². The van der Waals surface area contributed by atoms with Gasteiger partial charge in [0.05, 0.1) is 46.9 Å². The topological polar surface area (TPSA) is 130 Å². The monoisotopic (exact) mass is 528 g/mol. The molecule has 38 heavy (non-hydrogen) atoms. The Balaban J connectivity index is 1.29. The second-order valence-electron chi connectivity index (χ2n) is 9.93. The zero-order valence-electron chi connectivity index (χ0n) is 21.1. The highest BCUT2D eigenvalue weighted by Crippen LogP contribution is 2.39. The van der Waals surface area contributed by atoms with E-state index < -0.39 is 0 Å². The lowest BCUT2D eigenvalue weighted by Gasteiger charge is -2.27. The van der Waals surface area contributed by atoms with Crippen LogP contribution in [0.5, 0.6) is 0 Å². The Morgan fingerprint density at radius 3 is 2.76 bits per heavy atom. The van der Waals surface area contributed by atoms with Crippen molar-refractivity contribution in [2.45, 2.75) is 57.0 Å². The molecule has 0 radical (unpaired) electrons. The fraction of sp³-hybridized carbons (Fsp3) is 0.407. The van der Waals surface area contributed by atoms with Gasteiger partial charge in [0.15, 0.2) is 5.01 Å². The van der Waals surface area contributed by atoms with Crippen molar-refractivity contribution >= 4 is 28.4 Å². The van der Waals surface area contributed by atoms with E-state index >= 15 is 0 Å². The van der Waals surface area contributed by atoms with Gasteiger partial charge in [-0.15, -0.1) is 10.2 Å². The molecule has 5 heterocycles. The summed E-state index contributed by atoms with van der Waals surface area (Å²) in [7, 11) is 0. The lowest BCUT2D eigenvalue weighted by molar-refractivity contribution is -0.119. The van der Waals surface area contributed by atoms with E-state index in [-0.39, 0.29) is 18.0 Å². The summed E-state index contributed by atoms with van der Waals surface area (Å²) in [5.74, 6) is 0.390. The number of ether oxygens (including phenoxy) is 1. The number of aromatic nitrogens is 5. The average molecular weight is 529 g/mol. The van der Waals surface area contributed by atoms with Crippen LogP contribution in [-0.2, 0) is 9.53 Å². The van der Waals surface area contributed by atoms with Crippen LogP contribution in [0.2, 0.25) is 0 Å². The van der Waals surface area contributed by atoms with Gasteiger partial charge in [0.25, 0.3) is 0 Å². The number of hydrogen-bond acceptors (Lipinski definition) is 9. The number of nitrogens with zero attached hydrogens (tertiary/aromatic N) is 6. The van der Waals surface area contributed by atoms with Crippen LogP contribution in [0.1, 0.15) is 55.5 Å². The summed E-state index contributed by atoms with van der Waals surface area (Å²) in [5, 5.41) is 31.3. The second kappa shape index (κ2) is 10.5. The first kappa shape index (κ1) is 24.5. The minimum absolute atomic E-state index is 0.0335. The fourth-order valence-corrected chi connectivity index (χ4v) is 6.32. The maximum Gasteiger partial charge on any atom is 0.217 e. The van der Waals surface area contributed by atoms with Gasteiger partial charge in [-0.3, -0.25) is 9.78 Å². The molecule has 2 N–H and O–H groups in total. The van der Waals surface area contributed by atoms with Crippen molar-refractivity contribution in [1.82, 2.24) is 30.1 Å². The maximum atomic E-state index is 11.4. The zero-order valence-corrected chi connectivity index (χ0v) is 21.9. The summed E-state index contributed by atoms with van der Waals surface area (Å²) in [6, 6.07) is 10.4. The Bertz CT molecular complexity index is 1510. The maximum absolute atomic E-state index is 11.4. The number of anilines is 1. The quantitative estimate of drug-likeness (QED) is 0.382. The molecule has 2 aliphatic rings. The van der Waals surface area contributed by atoms with Crippen LogP contribution in [0.4, 0.5) is 5.69 Å². The van der Waals surface area contributed by atoms with Crippen molar-refractivity contribution in [1.29, 1.82) is 5.26 Å². The number of amides is 1. The summed E-state index contributed by atoms with van der Waals surface area (Å²) in [5.41, 5.74) is 4.82. The molecular formula is C27H28N8O2S. The summed E-state index contributed by atoms with van der Waals surface area (Å²) < 4.78 is 7.40. The highest BCUT2D eigenvalue weighted by atomic mass is 32.1. The van der Waals surface area contributed by atoms with Gasteiger partial charge in [0.2, 0.25) is 5.91 Å². The molecule has 0 aromatic carbocycles. The molecule has 6 rings (SSSR count). The van der Waals surface area contributed by atoms with Gasteiger partial charge >= 0.3 is 0 Å². The van der Waals surface area contributed by atoms with Crippen LogP contribution in [0.3, 0.4) is 0 Å². The summed E-state index contributed by atoms with van der Waals surface area (Å²) in [6.45, 7) is 2.97. The molecule has 4 aromatic rings. The van der Waals surface area contributed by atoms with Gasteiger partial charge in [0, 0.05) is 37.4 Å². The molecule has 1 saturated carbocycles. The summed E-state index contributed by atoms with van der Waals surface area (Å²) >= 11 is 1.62. The van der Waals surface area contributed by atoms with E-state index in [0.717, 1.165) is 76.9 Å². The number of nitrogens with one attached hydrogen (secondary N) is 2. The first-order valence-electron chi connectivity index (χ1n) is 12.9. The van der Waals surface area contributed by atoms with Crippen LogP contribution >= 0.6 is 11.3 Å². The van der Waals surface area contributed by atoms with Crippen molar-refractivity contribution in [3.8, 4) is 28.0 Å². The van der Waals surface area contributed by atoms with Gasteiger partial charge in [-0.1, -0.05) is 11.3 Å². The average Bonchev–Trinajstić information content (AvgIpc) is 3.70. The molecule has 0 unspecified atom stereocenters. The minimum atomic E-state index is 0.0335. The van der Waals surface area contributed by atoms with E-state index in [1.54, 1.807) is 29.0 Å². The molecular weight excluding hydrogens is 500 g/mol. The SMILES string of the molecule is CC(=O)NC1CCC(c2nnc(-c3cnc(-c4ccc5cc(C#N)cnn45)cc3N[C@H]3CCOC3)s2)CC1.